The lowest BCUT2D eigenvalue weighted by molar-refractivity contribution is -0.131. The van der Waals surface area contributed by atoms with Crippen molar-refractivity contribution in [3.63, 3.8) is 0 Å². The van der Waals surface area contributed by atoms with Gasteiger partial charge in [-0.3, -0.25) is 0 Å². The van der Waals surface area contributed by atoms with Crippen LogP contribution in [0.4, 0.5) is 13.2 Å². The van der Waals surface area contributed by atoms with Crippen molar-refractivity contribution in [1.82, 2.24) is 0 Å². The standard InChI is InChI=1S/C10H4F3NO2/c11-7-3-9(13)8(12)2-6(7)5(4-14)1-10(15)16/h1-3H,(H,15,16). The third-order valence-electron chi connectivity index (χ3n) is 1.69. The van der Waals surface area contributed by atoms with Crippen molar-refractivity contribution in [1.29, 1.82) is 5.26 Å². The van der Waals surface area contributed by atoms with Crippen LogP contribution in [-0.2, 0) is 4.79 Å². The van der Waals surface area contributed by atoms with E-state index in [1.54, 1.807) is 0 Å². The van der Waals surface area contributed by atoms with E-state index in [1.807, 2.05) is 0 Å². The van der Waals surface area contributed by atoms with E-state index in [0.717, 1.165) is 0 Å². The first-order valence-electron chi connectivity index (χ1n) is 3.95. The number of nitriles is 1. The zero-order valence-electron chi connectivity index (χ0n) is 7.67. The minimum atomic E-state index is -1.49. The fourth-order valence-electron chi connectivity index (χ4n) is 1.02. The van der Waals surface area contributed by atoms with Gasteiger partial charge in [-0.05, 0) is 6.07 Å². The summed E-state index contributed by atoms with van der Waals surface area (Å²) < 4.78 is 38.4. The number of halogens is 3. The summed E-state index contributed by atoms with van der Waals surface area (Å²) in [5, 5.41) is 16.9. The van der Waals surface area contributed by atoms with Gasteiger partial charge < -0.3 is 5.11 Å². The Morgan fingerprint density at radius 1 is 1.25 bits per heavy atom. The highest BCUT2D eigenvalue weighted by Crippen LogP contribution is 2.20. The van der Waals surface area contributed by atoms with Crippen molar-refractivity contribution >= 4 is 11.5 Å². The molecule has 6 heteroatoms. The Labute approximate surface area is 88.0 Å². The minimum absolute atomic E-state index is 0.248. The van der Waals surface area contributed by atoms with Gasteiger partial charge in [0.15, 0.2) is 11.6 Å². The molecule has 0 amide bonds. The number of carbonyl (C=O) groups is 1. The summed E-state index contributed by atoms with van der Waals surface area (Å²) in [6.07, 6.45) is 0.412. The molecule has 0 atom stereocenters. The molecule has 1 aromatic carbocycles. The molecule has 0 aliphatic heterocycles. The van der Waals surface area contributed by atoms with Crippen LogP contribution >= 0.6 is 0 Å². The Bertz CT molecular complexity index is 518. The summed E-state index contributed by atoms with van der Waals surface area (Å²) in [4.78, 5) is 10.3. The van der Waals surface area contributed by atoms with Crippen molar-refractivity contribution in [2.75, 3.05) is 0 Å². The van der Waals surface area contributed by atoms with E-state index >= 15 is 0 Å². The number of nitrogens with zero attached hydrogens (tertiary/aromatic N) is 1. The Hall–Kier alpha value is -2.29. The second-order valence-corrected chi connectivity index (χ2v) is 2.75. The van der Waals surface area contributed by atoms with Gasteiger partial charge in [-0.25, -0.2) is 18.0 Å². The largest absolute Gasteiger partial charge is 0.478 e. The summed E-state index contributed by atoms with van der Waals surface area (Å²) in [5.41, 5.74) is -1.19. The number of hydrogen-bond donors (Lipinski definition) is 1. The number of benzene rings is 1. The average Bonchev–Trinajstić information content (AvgIpc) is 2.20. The lowest BCUT2D eigenvalue weighted by Crippen LogP contribution is -1.97. The molecule has 0 fully saturated rings. The Morgan fingerprint density at radius 3 is 2.31 bits per heavy atom. The van der Waals surface area contributed by atoms with E-state index in [9.17, 15) is 18.0 Å². The SMILES string of the molecule is N#CC(=CC(=O)O)c1cc(F)c(F)cc1F. The molecular formula is C10H4F3NO2. The summed E-state index contributed by atoms with van der Waals surface area (Å²) >= 11 is 0. The van der Waals surface area contributed by atoms with Crippen LogP contribution < -0.4 is 0 Å². The number of allylic oxidation sites excluding steroid dienone is 1. The van der Waals surface area contributed by atoms with Crippen molar-refractivity contribution in [3.8, 4) is 6.07 Å². The molecular weight excluding hydrogens is 223 g/mol. The molecule has 0 aliphatic carbocycles. The second-order valence-electron chi connectivity index (χ2n) is 2.75. The van der Waals surface area contributed by atoms with Gasteiger partial charge in [0.1, 0.15) is 11.9 Å². The number of carboxylic acids is 1. The van der Waals surface area contributed by atoms with Crippen LogP contribution in [0.2, 0.25) is 0 Å². The number of rotatable bonds is 2. The van der Waals surface area contributed by atoms with Crippen LogP contribution in [0.5, 0.6) is 0 Å². The van der Waals surface area contributed by atoms with Gasteiger partial charge in [0.25, 0.3) is 0 Å². The molecule has 0 saturated carbocycles. The third kappa shape index (κ3) is 2.39. The molecule has 1 N–H and O–H groups in total. The molecule has 0 heterocycles. The molecule has 1 rings (SSSR count). The molecule has 0 bridgehead atoms. The first kappa shape index (κ1) is 11.8. The zero-order chi connectivity index (χ0) is 12.3. The van der Waals surface area contributed by atoms with Crippen molar-refractivity contribution in [2.45, 2.75) is 0 Å². The van der Waals surface area contributed by atoms with Crippen LogP contribution in [0, 0.1) is 28.8 Å². The first-order valence-corrected chi connectivity index (χ1v) is 3.95. The number of carboxylic acid groups (broad SMARTS) is 1. The molecule has 0 saturated heterocycles. The minimum Gasteiger partial charge on any atom is -0.478 e. The first-order chi connectivity index (χ1) is 7.45. The lowest BCUT2D eigenvalue weighted by atomic mass is 10.1. The van der Waals surface area contributed by atoms with E-state index in [4.69, 9.17) is 10.4 Å². The molecule has 3 nitrogen and oxygen atoms in total. The topological polar surface area (TPSA) is 61.1 Å². The second kappa shape index (κ2) is 4.49. The van der Waals surface area contributed by atoms with Gasteiger partial charge in [-0.2, -0.15) is 5.26 Å². The Balaban J connectivity index is 3.38. The Morgan fingerprint density at radius 2 is 1.81 bits per heavy atom. The van der Waals surface area contributed by atoms with Crippen LogP contribution in [0.15, 0.2) is 18.2 Å². The molecule has 1 aromatic rings. The lowest BCUT2D eigenvalue weighted by Gasteiger charge is -2.01. The third-order valence-corrected chi connectivity index (χ3v) is 1.69. The van der Waals surface area contributed by atoms with Crippen molar-refractivity contribution in [2.24, 2.45) is 0 Å². The van der Waals surface area contributed by atoms with Gasteiger partial charge in [-0.15, -0.1) is 0 Å². The maximum absolute atomic E-state index is 13.1. The van der Waals surface area contributed by atoms with E-state index in [-0.39, 0.29) is 6.07 Å². The van der Waals surface area contributed by atoms with Crippen LogP contribution in [0.3, 0.4) is 0 Å². The predicted octanol–water partition coefficient (Wildman–Crippen LogP) is 2.10. The highest BCUT2D eigenvalue weighted by molar-refractivity contribution is 5.94. The maximum atomic E-state index is 13.1. The van der Waals surface area contributed by atoms with Gasteiger partial charge >= 0.3 is 5.97 Å². The van der Waals surface area contributed by atoms with Crippen molar-refractivity contribution < 1.29 is 23.1 Å². The van der Waals surface area contributed by atoms with Crippen LogP contribution in [0.1, 0.15) is 5.56 Å². The summed E-state index contributed by atoms with van der Waals surface area (Å²) in [6.45, 7) is 0. The van der Waals surface area contributed by atoms with E-state index in [1.165, 1.54) is 6.07 Å². The van der Waals surface area contributed by atoms with E-state index < -0.39 is 34.6 Å². The van der Waals surface area contributed by atoms with Crippen LogP contribution in [-0.4, -0.2) is 11.1 Å². The summed E-state index contributed by atoms with van der Waals surface area (Å²) in [6, 6.07) is 2.07. The quantitative estimate of drug-likeness (QED) is 0.478. The van der Waals surface area contributed by atoms with Gasteiger partial charge in [0.05, 0.1) is 5.57 Å². The van der Waals surface area contributed by atoms with Gasteiger partial charge in [0.2, 0.25) is 0 Å². The van der Waals surface area contributed by atoms with Crippen molar-refractivity contribution in [3.05, 3.63) is 41.2 Å². The fraction of sp³-hybridized carbons (Fsp3) is 0. The van der Waals surface area contributed by atoms with Gasteiger partial charge in [-0.1, -0.05) is 0 Å². The highest BCUT2D eigenvalue weighted by Gasteiger charge is 2.14. The number of hydrogen-bond acceptors (Lipinski definition) is 2. The monoisotopic (exact) mass is 227 g/mol. The maximum Gasteiger partial charge on any atom is 0.329 e. The number of aliphatic carboxylic acids is 1. The molecule has 82 valence electrons. The molecule has 0 unspecified atom stereocenters. The normalized spacial score (nSPS) is 11.0. The molecule has 0 aliphatic rings. The fourth-order valence-corrected chi connectivity index (χ4v) is 1.02. The van der Waals surface area contributed by atoms with Crippen LogP contribution in [0.25, 0.3) is 5.57 Å². The smallest absolute Gasteiger partial charge is 0.329 e. The zero-order valence-corrected chi connectivity index (χ0v) is 7.67. The Kier molecular flexibility index (Phi) is 3.30. The average molecular weight is 227 g/mol. The summed E-state index contributed by atoms with van der Waals surface area (Å²) in [7, 11) is 0. The van der Waals surface area contributed by atoms with E-state index in [0.29, 0.717) is 12.1 Å². The molecule has 0 aromatic heterocycles. The van der Waals surface area contributed by atoms with E-state index in [2.05, 4.69) is 0 Å². The molecule has 0 radical (unpaired) electrons. The molecule has 0 spiro atoms. The highest BCUT2D eigenvalue weighted by atomic mass is 19.2. The summed E-state index contributed by atoms with van der Waals surface area (Å²) in [5.74, 6) is -5.45. The molecule has 16 heavy (non-hydrogen) atoms. The predicted molar refractivity (Wildman–Crippen MR) is 47.5 cm³/mol. The van der Waals surface area contributed by atoms with Gasteiger partial charge in [0, 0.05) is 17.7 Å².